The van der Waals surface area contributed by atoms with E-state index in [1.165, 1.54) is 11.3 Å². The lowest BCUT2D eigenvalue weighted by molar-refractivity contribution is -0.159. The van der Waals surface area contributed by atoms with Gasteiger partial charge in [-0.3, -0.25) is 9.36 Å². The number of nitriles is 2. The minimum absolute atomic E-state index is 0.00117. The highest BCUT2D eigenvalue weighted by molar-refractivity contribution is 7.16. The van der Waals surface area contributed by atoms with E-state index >= 15 is 0 Å². The summed E-state index contributed by atoms with van der Waals surface area (Å²) in [5.41, 5.74) is -0.0685. The van der Waals surface area contributed by atoms with Crippen molar-refractivity contribution in [1.29, 1.82) is 10.5 Å². The van der Waals surface area contributed by atoms with E-state index in [1.807, 2.05) is 82.8 Å². The largest absolute Gasteiger partial charge is 0.463 e. The molecular formula is C31H40N8O2S. The number of imidazole rings is 1. The molecule has 1 aromatic carbocycles. The molecular weight excluding hydrogens is 548 g/mol. The number of hydrogen-bond acceptors (Lipinski definition) is 10. The third-order valence-corrected chi connectivity index (χ3v) is 9.02. The molecule has 10 nitrogen and oxygen atoms in total. The quantitative estimate of drug-likeness (QED) is 0.179. The molecule has 0 spiro atoms. The van der Waals surface area contributed by atoms with E-state index in [0.717, 1.165) is 15.6 Å². The molecule has 222 valence electrons. The summed E-state index contributed by atoms with van der Waals surface area (Å²) in [6.45, 7) is 19.8. The van der Waals surface area contributed by atoms with Crippen molar-refractivity contribution in [2.45, 2.75) is 74.3 Å². The van der Waals surface area contributed by atoms with Gasteiger partial charge in [0, 0.05) is 12.0 Å². The monoisotopic (exact) mass is 588 g/mol. The van der Waals surface area contributed by atoms with Gasteiger partial charge in [0.25, 0.3) is 5.95 Å². The topological polar surface area (TPSA) is 133 Å². The number of carbonyl (C=O) groups excluding carboxylic acids is 1. The van der Waals surface area contributed by atoms with E-state index in [9.17, 15) is 15.3 Å². The number of anilines is 1. The molecule has 11 heteroatoms. The smallest absolute Gasteiger partial charge is 0.312 e. The van der Waals surface area contributed by atoms with E-state index in [-0.39, 0.29) is 40.7 Å². The Labute approximate surface area is 252 Å². The summed E-state index contributed by atoms with van der Waals surface area (Å²) in [7, 11) is 0. The van der Waals surface area contributed by atoms with Crippen molar-refractivity contribution in [3.05, 3.63) is 52.2 Å². The molecule has 0 saturated heterocycles. The van der Waals surface area contributed by atoms with Gasteiger partial charge in [0.2, 0.25) is 0 Å². The van der Waals surface area contributed by atoms with E-state index in [2.05, 4.69) is 42.1 Å². The van der Waals surface area contributed by atoms with E-state index in [1.54, 1.807) is 4.57 Å². The zero-order valence-corrected chi connectivity index (χ0v) is 26.8. The van der Waals surface area contributed by atoms with E-state index in [0.29, 0.717) is 25.5 Å². The first kappa shape index (κ1) is 32.4. The second kappa shape index (κ2) is 12.8. The van der Waals surface area contributed by atoms with Crippen LogP contribution in [-0.4, -0.2) is 40.2 Å². The SMILES string of the molecule is CCN(CCOC(=O)C(C)(C)C(C)(C)C)c1nc(N=Nc2nc(C#N)c(C#N)n2Cc2ccccc2)c(C(C)(C)C)s1. The van der Waals surface area contributed by atoms with Crippen LogP contribution in [0.1, 0.15) is 84.1 Å². The fraction of sp³-hybridized carbons (Fsp3) is 0.516. The highest BCUT2D eigenvalue weighted by Gasteiger charge is 2.41. The summed E-state index contributed by atoms with van der Waals surface area (Å²) in [5, 5.41) is 28.9. The van der Waals surface area contributed by atoms with E-state index in [4.69, 9.17) is 9.72 Å². The molecule has 0 fully saturated rings. The van der Waals surface area contributed by atoms with Gasteiger partial charge in [-0.05, 0) is 31.7 Å². The Morgan fingerprint density at radius 2 is 1.69 bits per heavy atom. The van der Waals surface area contributed by atoms with Gasteiger partial charge >= 0.3 is 5.97 Å². The van der Waals surface area contributed by atoms with Crippen LogP contribution in [0.4, 0.5) is 16.9 Å². The van der Waals surface area contributed by atoms with Crippen molar-refractivity contribution in [2.24, 2.45) is 21.1 Å². The lowest BCUT2D eigenvalue weighted by Gasteiger charge is -2.36. The number of aromatic nitrogens is 3. The van der Waals surface area contributed by atoms with Crippen molar-refractivity contribution in [3.63, 3.8) is 0 Å². The first-order valence-corrected chi connectivity index (χ1v) is 14.8. The zero-order valence-electron chi connectivity index (χ0n) is 26.0. The number of ether oxygens (including phenoxy) is 1. The standard InChI is InChI=1S/C31H40N8O2S/c1-10-38(16-17-41-26(40)31(8,9)30(5,6)7)28-35-25(24(42-28)29(2,3)4)36-37-27-34-22(18-32)23(19-33)39(27)20-21-14-12-11-13-15-21/h11-15H,10,16-17,20H2,1-9H3. The molecule has 0 bridgehead atoms. The third-order valence-electron chi connectivity index (χ3n) is 7.49. The highest BCUT2D eigenvalue weighted by Crippen LogP contribution is 2.41. The van der Waals surface area contributed by atoms with Gasteiger partial charge in [-0.15, -0.1) is 10.2 Å². The molecule has 2 aromatic heterocycles. The Morgan fingerprint density at radius 3 is 2.24 bits per heavy atom. The Balaban J connectivity index is 1.91. The lowest BCUT2D eigenvalue weighted by atomic mass is 9.69. The van der Waals surface area contributed by atoms with Gasteiger partial charge in [-0.1, -0.05) is 83.2 Å². The molecule has 0 aliphatic carbocycles. The maximum atomic E-state index is 12.8. The maximum Gasteiger partial charge on any atom is 0.312 e. The second-order valence-corrected chi connectivity index (χ2v) is 13.6. The summed E-state index contributed by atoms with van der Waals surface area (Å²) in [5.74, 6) is 0.370. The van der Waals surface area contributed by atoms with Gasteiger partial charge in [0.1, 0.15) is 18.7 Å². The number of benzene rings is 1. The fourth-order valence-corrected chi connectivity index (χ4v) is 4.98. The predicted molar refractivity (Wildman–Crippen MR) is 164 cm³/mol. The van der Waals surface area contributed by atoms with Crippen LogP contribution in [0.25, 0.3) is 0 Å². The number of nitrogens with zero attached hydrogens (tertiary/aromatic N) is 8. The van der Waals surface area contributed by atoms with Crippen molar-refractivity contribution in [3.8, 4) is 12.1 Å². The van der Waals surface area contributed by atoms with Gasteiger partial charge in [0.15, 0.2) is 22.3 Å². The van der Waals surface area contributed by atoms with Crippen LogP contribution in [0.2, 0.25) is 0 Å². The zero-order chi connectivity index (χ0) is 31.3. The van der Waals surface area contributed by atoms with Crippen LogP contribution >= 0.6 is 11.3 Å². The maximum absolute atomic E-state index is 12.8. The van der Waals surface area contributed by atoms with Crippen LogP contribution in [0.15, 0.2) is 40.6 Å². The van der Waals surface area contributed by atoms with Crippen molar-refractivity contribution < 1.29 is 9.53 Å². The summed E-state index contributed by atoms with van der Waals surface area (Å²) in [4.78, 5) is 24.9. The van der Waals surface area contributed by atoms with Gasteiger partial charge < -0.3 is 9.64 Å². The lowest BCUT2D eigenvalue weighted by Crippen LogP contribution is -2.40. The first-order chi connectivity index (χ1) is 19.6. The number of thiazole rings is 1. The summed E-state index contributed by atoms with van der Waals surface area (Å²) in [6, 6.07) is 13.6. The summed E-state index contributed by atoms with van der Waals surface area (Å²) >= 11 is 1.52. The number of azo groups is 1. The van der Waals surface area contributed by atoms with Crippen LogP contribution in [-0.2, 0) is 21.5 Å². The molecule has 0 unspecified atom stereocenters. The first-order valence-electron chi connectivity index (χ1n) is 13.9. The average molecular weight is 589 g/mol. The van der Waals surface area contributed by atoms with Crippen molar-refractivity contribution in [2.75, 3.05) is 24.6 Å². The molecule has 0 aliphatic heterocycles. The minimum atomic E-state index is -0.624. The van der Waals surface area contributed by atoms with Crippen LogP contribution < -0.4 is 4.90 Å². The summed E-state index contributed by atoms with van der Waals surface area (Å²) < 4.78 is 7.27. The molecule has 0 aliphatic rings. The molecule has 3 rings (SSSR count). The highest BCUT2D eigenvalue weighted by atomic mass is 32.1. The third kappa shape index (κ3) is 7.21. The average Bonchev–Trinajstić information content (AvgIpc) is 3.50. The molecule has 42 heavy (non-hydrogen) atoms. The number of hydrogen-bond donors (Lipinski definition) is 0. The second-order valence-electron chi connectivity index (χ2n) is 12.6. The number of rotatable bonds is 10. The normalized spacial score (nSPS) is 12.3. The summed E-state index contributed by atoms with van der Waals surface area (Å²) in [6.07, 6.45) is 0. The van der Waals surface area contributed by atoms with E-state index < -0.39 is 5.41 Å². The number of esters is 1. The molecule has 2 heterocycles. The predicted octanol–water partition coefficient (Wildman–Crippen LogP) is 7.29. The van der Waals surface area contributed by atoms with Gasteiger partial charge in [-0.2, -0.15) is 20.5 Å². The molecule has 0 atom stereocenters. The Kier molecular flexibility index (Phi) is 9.90. The van der Waals surface area contributed by atoms with Crippen molar-refractivity contribution >= 4 is 34.2 Å². The minimum Gasteiger partial charge on any atom is -0.463 e. The Morgan fingerprint density at radius 1 is 1.02 bits per heavy atom. The number of likely N-dealkylation sites (N-methyl/N-ethyl adjacent to an activating group) is 1. The molecule has 0 N–H and O–H groups in total. The molecule has 0 radical (unpaired) electrons. The molecule has 3 aromatic rings. The number of carbonyl (C=O) groups is 1. The van der Waals surface area contributed by atoms with Gasteiger partial charge in [-0.25, -0.2) is 0 Å². The molecule has 0 amide bonds. The van der Waals surface area contributed by atoms with Crippen molar-refractivity contribution in [1.82, 2.24) is 14.5 Å². The Hall–Kier alpha value is -4.09. The molecule has 0 saturated carbocycles. The van der Waals surface area contributed by atoms with Crippen LogP contribution in [0.3, 0.4) is 0 Å². The van der Waals surface area contributed by atoms with Crippen LogP contribution in [0.5, 0.6) is 0 Å². The fourth-order valence-electron chi connectivity index (χ4n) is 3.83. The van der Waals surface area contributed by atoms with Crippen LogP contribution in [0, 0.1) is 33.5 Å². The Bertz CT molecular complexity index is 1510. The van der Waals surface area contributed by atoms with Gasteiger partial charge in [0.05, 0.1) is 23.4 Å².